The van der Waals surface area contributed by atoms with Crippen LogP contribution >= 0.6 is 0 Å². The van der Waals surface area contributed by atoms with Gasteiger partial charge in [0.1, 0.15) is 0 Å². The summed E-state index contributed by atoms with van der Waals surface area (Å²) in [5, 5.41) is 37.9. The zero-order valence-corrected chi connectivity index (χ0v) is 92.6. The molecule has 26 N–H and O–H groups in total. The third-order valence-electron chi connectivity index (χ3n) is 22.1. The van der Waals surface area contributed by atoms with Crippen LogP contribution in [0.1, 0.15) is 337 Å². The van der Waals surface area contributed by atoms with Crippen LogP contribution < -0.4 is 88.4 Å². The number of rotatable bonds is 43. The summed E-state index contributed by atoms with van der Waals surface area (Å²) in [6.45, 7) is 79.7. The highest BCUT2D eigenvalue weighted by atomic mass is 16.2. The van der Waals surface area contributed by atoms with Crippen LogP contribution in [0.5, 0.6) is 0 Å². The summed E-state index contributed by atoms with van der Waals surface area (Å²) < 4.78 is 0. The van der Waals surface area contributed by atoms with Crippen LogP contribution in [0.15, 0.2) is 9.98 Å². The van der Waals surface area contributed by atoms with Gasteiger partial charge in [-0.1, -0.05) is 226 Å². The van der Waals surface area contributed by atoms with Gasteiger partial charge in [-0.05, 0) is 234 Å². The van der Waals surface area contributed by atoms with Gasteiger partial charge in [0, 0.05) is 120 Å². The summed E-state index contributed by atoms with van der Waals surface area (Å²) in [5.41, 5.74) is 41.1. The highest BCUT2D eigenvalue weighted by Crippen LogP contribution is 2.22. The Balaban J connectivity index is -0.000000116. The standard InChI is InChI=1S/C11H24N2O.C10H22N2O.C10H21NO.C9H20N2O.C9H19NO.C8H17NO.C7H15N3.C6H15N3.C6H13N.2C5H13N3.C5H13N.2C4H11N/c1-6-11(2,3)10(14)12-8-7-9-13(4)5;1-5-9(2)10(13)11-7-6-8-12(3)4;1-5-7-8-11-9(12)10(3,4)6-2;1-5-8(2)9(12)10-6-7-11(3)4;1-4-6-7-10-9(11)8(3)5-2;1-4-6-9-8(10)7(3)5-2;1-5-3-10(7(8)9)4-6(5)2;1-3-5(2)4-9-6(7)8;1-5-3-7-4-6(5)2;1-3-4-8(2)5(6)7;1-3-4(2)8-5(6)7;1-3-5(2)4-6;1-3-4-5-2;1-3-4(2)5/h6-9H2,1-5H3,(H,12,14);9H,5-8H2,1-4H3,(H,11,13);5-8H2,1-4H3,(H,11,12);8H,5-7H2,1-4H3,(H,10,12);8H,4-7H2,1-3H3,(H,10,11);7H,4-6H2,1-3H3,(H,9,10);5-6H,3-4H2,1-2H3,(H3,8,9);5H,3-4H2,1-2H3,(H4,7,8,9);5-7H,3-4H2,1-2H3;3-4H2,1-2H3,(H3,6,7);4H,3H2,1-2H3,(H4,6,7,8);5H,3-4,6H2,1-2H3;5H,3-4H2,1-2H3;4H,3,5H2,1-2H3. The van der Waals surface area contributed by atoms with Crippen LogP contribution in [-0.4, -0.2) is 264 Å². The van der Waals surface area contributed by atoms with Crippen LogP contribution in [0.2, 0.25) is 0 Å². The van der Waals surface area contributed by atoms with Crippen molar-refractivity contribution in [1.29, 1.82) is 10.8 Å². The van der Waals surface area contributed by atoms with Crippen molar-refractivity contribution in [2.24, 2.45) is 126 Å². The molecule has 2 heterocycles. The van der Waals surface area contributed by atoms with E-state index in [1.54, 1.807) is 4.90 Å². The number of carbonyl (C=O) groups is 6. The molecule has 0 saturated carbocycles. The van der Waals surface area contributed by atoms with Crippen molar-refractivity contribution in [1.82, 2.24) is 67.0 Å². The van der Waals surface area contributed by atoms with Crippen molar-refractivity contribution in [3.8, 4) is 0 Å². The summed E-state index contributed by atoms with van der Waals surface area (Å²) in [7, 11) is 15.9. The zero-order valence-electron chi connectivity index (χ0n) is 92.6. The fourth-order valence-corrected chi connectivity index (χ4v) is 8.74. The molecule has 2 rings (SSSR count). The topological polar surface area (TPSA) is 495 Å². The molecule has 12 atom stereocenters. The quantitative estimate of drug-likeness (QED) is 0.0153. The van der Waals surface area contributed by atoms with E-state index in [0.29, 0.717) is 29.7 Å². The second kappa shape index (κ2) is 103. The van der Waals surface area contributed by atoms with E-state index in [9.17, 15) is 28.8 Å². The van der Waals surface area contributed by atoms with Crippen molar-refractivity contribution >= 4 is 59.3 Å². The molecular formula is C99H227N25O6. The molecule has 0 aromatic rings. The molecule has 2 saturated heterocycles. The predicted octanol–water partition coefficient (Wildman–Crippen LogP) is 13.4. The van der Waals surface area contributed by atoms with Gasteiger partial charge in [-0.2, -0.15) is 0 Å². The average Bonchev–Trinajstić information content (AvgIpc) is 1.78. The lowest BCUT2D eigenvalue weighted by Gasteiger charge is -2.21. The van der Waals surface area contributed by atoms with Crippen molar-refractivity contribution in [2.45, 2.75) is 349 Å². The fraction of sp³-hybridized carbons (Fsp3) is 0.899. The number of likely N-dealkylation sites (N-methyl/N-ethyl adjacent to an activating group) is 1. The molecule has 0 spiro atoms. The molecule has 6 amide bonds. The first-order chi connectivity index (χ1) is 60.4. The van der Waals surface area contributed by atoms with Gasteiger partial charge in [-0.15, -0.1) is 0 Å². The Hall–Kier alpha value is -6.38. The van der Waals surface area contributed by atoms with Crippen LogP contribution in [0.25, 0.3) is 0 Å². The van der Waals surface area contributed by atoms with Gasteiger partial charge in [-0.3, -0.25) is 49.6 Å². The Labute approximate surface area is 804 Å². The van der Waals surface area contributed by atoms with E-state index in [2.05, 4.69) is 164 Å². The predicted molar refractivity (Wildman–Crippen MR) is 569 cm³/mol. The molecule has 784 valence electrons. The number of nitrogens with one attached hydrogen (secondary N) is 10. The van der Waals surface area contributed by atoms with E-state index in [4.69, 9.17) is 56.7 Å². The van der Waals surface area contributed by atoms with Gasteiger partial charge in [0.2, 0.25) is 35.4 Å². The Bertz CT molecular complexity index is 2570. The van der Waals surface area contributed by atoms with E-state index in [0.717, 1.165) is 219 Å². The third-order valence-corrected chi connectivity index (χ3v) is 22.1. The summed E-state index contributed by atoms with van der Waals surface area (Å²) >= 11 is 0. The second-order valence-corrected chi connectivity index (χ2v) is 37.2. The molecule has 12 unspecified atom stereocenters. The molecule has 0 aliphatic carbocycles. The first kappa shape index (κ1) is 149. The molecule has 0 bridgehead atoms. The van der Waals surface area contributed by atoms with Gasteiger partial charge in [0.25, 0.3) is 0 Å². The maximum absolute atomic E-state index is 11.6. The number of hydrogen-bond acceptors (Lipinski definition) is 17. The van der Waals surface area contributed by atoms with Crippen molar-refractivity contribution in [2.75, 3.05) is 168 Å². The Morgan fingerprint density at radius 2 is 0.754 bits per heavy atom. The highest BCUT2D eigenvalue weighted by Gasteiger charge is 2.27. The second-order valence-electron chi connectivity index (χ2n) is 37.2. The minimum Gasteiger partial charge on any atom is -0.370 e. The minimum absolute atomic E-state index is 0.145. The van der Waals surface area contributed by atoms with Crippen molar-refractivity contribution in [3.05, 3.63) is 0 Å². The molecule has 0 radical (unpaired) electrons. The Morgan fingerprint density at radius 1 is 0.423 bits per heavy atom. The lowest BCUT2D eigenvalue weighted by molar-refractivity contribution is -0.130. The monoisotopic (exact) mass is 1860 g/mol. The van der Waals surface area contributed by atoms with Gasteiger partial charge >= 0.3 is 0 Å². The van der Waals surface area contributed by atoms with E-state index < -0.39 is 0 Å². The van der Waals surface area contributed by atoms with Crippen LogP contribution in [-0.2, 0) is 28.8 Å². The van der Waals surface area contributed by atoms with Gasteiger partial charge in [0.05, 0.1) is 6.04 Å². The lowest BCUT2D eigenvalue weighted by atomic mass is 9.89. The molecule has 130 heavy (non-hydrogen) atoms. The zero-order chi connectivity index (χ0) is 104. The number of guanidine groups is 4. The summed E-state index contributed by atoms with van der Waals surface area (Å²) in [6, 6.07) is 0.648. The fourth-order valence-electron chi connectivity index (χ4n) is 8.74. The highest BCUT2D eigenvalue weighted by molar-refractivity contribution is 5.82. The Morgan fingerprint density at radius 3 is 0.954 bits per heavy atom. The number of likely N-dealkylation sites (tertiary alicyclic amines) is 1. The molecule has 0 aromatic heterocycles. The van der Waals surface area contributed by atoms with E-state index >= 15 is 0 Å². The molecule has 31 nitrogen and oxygen atoms in total. The average molecular weight is 1860 g/mol. The summed E-state index contributed by atoms with van der Waals surface area (Å²) in [4.78, 5) is 85.4. The van der Waals surface area contributed by atoms with Gasteiger partial charge in [-0.25, -0.2) is 0 Å². The first-order valence-corrected chi connectivity index (χ1v) is 50.2. The molecule has 0 aromatic carbocycles. The third kappa shape index (κ3) is 116. The number of carbonyl (C=O) groups excluding carboxylic acids is 6. The molecule has 2 aliphatic rings. The van der Waals surface area contributed by atoms with Gasteiger partial charge in [0.15, 0.2) is 23.8 Å². The first-order valence-electron chi connectivity index (χ1n) is 50.2. The molecule has 2 aliphatic heterocycles. The number of nitrogens with zero attached hydrogens (tertiary/aromatic N) is 7. The van der Waals surface area contributed by atoms with E-state index in [1.165, 1.54) is 25.9 Å². The Kier molecular flexibility index (Phi) is 118. The van der Waals surface area contributed by atoms with Crippen LogP contribution in [0.3, 0.4) is 0 Å². The number of amides is 6. The lowest BCUT2D eigenvalue weighted by Crippen LogP contribution is -2.37. The van der Waals surface area contributed by atoms with Crippen molar-refractivity contribution in [3.63, 3.8) is 0 Å². The number of hydrogen-bond donors (Lipinski definition) is 18. The number of unbranched alkanes of at least 4 members (excludes halogenated alkanes) is 2. The molecule has 2 fully saturated rings. The summed E-state index contributed by atoms with van der Waals surface area (Å²) in [5.74, 6) is 6.93. The normalized spacial score (nSPS) is 15.4. The molecular weight excluding hydrogens is 1640 g/mol. The maximum Gasteiger partial charge on any atom is 0.225 e. The van der Waals surface area contributed by atoms with Crippen LogP contribution in [0.4, 0.5) is 0 Å². The van der Waals surface area contributed by atoms with Crippen molar-refractivity contribution < 1.29 is 28.8 Å². The SMILES string of the molecule is CC1CN(C(=N)N)CC1C.CC1CNCC1C.CCC(C)(C)C(=O)NCCCN(C)C.CCC(C)C(=O)NCCCN(C)C.CCC(C)C(=O)NCCN(C)C.CCC(C)CN.CCC(C)CN=C(N)N.CCC(C)N.CCC(C)N=C(N)N.CCCCNC(=O)C(C)(C)CC.CCCCNC(=O)C(C)CC.CCCN(C)C(=N)N.CCCNC.CCCNC(=O)C(C)CC. The largest absolute Gasteiger partial charge is 0.370 e. The smallest absolute Gasteiger partial charge is 0.225 e. The van der Waals surface area contributed by atoms with Crippen LogP contribution in [0, 0.1) is 80.8 Å². The maximum atomic E-state index is 11.6. The minimum atomic E-state index is -0.224. The number of nitrogens with two attached hydrogens (primary N) is 8. The summed E-state index contributed by atoms with van der Waals surface area (Å²) in [6.07, 6.45) is 19.6. The molecule has 31 heteroatoms. The van der Waals surface area contributed by atoms with Gasteiger partial charge < -0.3 is 113 Å². The number of aliphatic imine (C=N–C) groups is 2. The van der Waals surface area contributed by atoms with E-state index in [-0.39, 0.29) is 99.8 Å². The van der Waals surface area contributed by atoms with E-state index in [1.807, 2.05) is 179 Å².